The molecule has 2 aromatic rings. The van der Waals surface area contributed by atoms with E-state index in [2.05, 4.69) is 0 Å². The van der Waals surface area contributed by atoms with Crippen molar-refractivity contribution < 1.29 is 14.3 Å². The number of esters is 1. The standard InChI is InChI=1S/C21H23NO3/c1-13-9-10-18(14(2)11-13)21(24)25-16(4)20(23)22-15(3)12-17-7-5-6-8-19(17)22/h5-11,15-16H,12H2,1-4H3/t15-,16-/m0/s1. The summed E-state index contributed by atoms with van der Waals surface area (Å²) in [7, 11) is 0. The lowest BCUT2D eigenvalue weighted by Gasteiger charge is -2.26. The van der Waals surface area contributed by atoms with Crippen molar-refractivity contribution in [3.05, 3.63) is 64.7 Å². The van der Waals surface area contributed by atoms with E-state index < -0.39 is 12.1 Å². The maximum atomic E-state index is 12.9. The van der Waals surface area contributed by atoms with E-state index in [1.165, 1.54) is 0 Å². The molecule has 0 N–H and O–H groups in total. The van der Waals surface area contributed by atoms with Crippen molar-refractivity contribution in [1.29, 1.82) is 0 Å². The largest absolute Gasteiger partial charge is 0.449 e. The summed E-state index contributed by atoms with van der Waals surface area (Å²) in [5.41, 5.74) is 4.50. The van der Waals surface area contributed by atoms with Crippen LogP contribution >= 0.6 is 0 Å². The summed E-state index contributed by atoms with van der Waals surface area (Å²) in [4.78, 5) is 27.1. The maximum absolute atomic E-state index is 12.9. The number of anilines is 1. The highest BCUT2D eigenvalue weighted by Crippen LogP contribution is 2.32. The van der Waals surface area contributed by atoms with Gasteiger partial charge in [0.25, 0.3) is 5.91 Å². The predicted molar refractivity (Wildman–Crippen MR) is 97.9 cm³/mol. The number of benzene rings is 2. The number of para-hydroxylation sites is 1. The van der Waals surface area contributed by atoms with Gasteiger partial charge >= 0.3 is 5.97 Å². The summed E-state index contributed by atoms with van der Waals surface area (Å²) < 4.78 is 5.46. The Morgan fingerprint density at radius 2 is 1.88 bits per heavy atom. The molecule has 1 heterocycles. The molecule has 0 unspecified atom stereocenters. The predicted octanol–water partition coefficient (Wildman–Crippen LogP) is 3.83. The molecule has 3 rings (SSSR count). The van der Waals surface area contributed by atoms with Gasteiger partial charge in [0, 0.05) is 11.7 Å². The van der Waals surface area contributed by atoms with E-state index in [1.807, 2.05) is 57.2 Å². The quantitative estimate of drug-likeness (QED) is 0.800. The molecule has 1 aliphatic heterocycles. The van der Waals surface area contributed by atoms with Gasteiger partial charge in [0.2, 0.25) is 0 Å². The van der Waals surface area contributed by atoms with E-state index in [0.29, 0.717) is 5.56 Å². The van der Waals surface area contributed by atoms with Crippen LogP contribution in [0.3, 0.4) is 0 Å². The van der Waals surface area contributed by atoms with Gasteiger partial charge in [-0.2, -0.15) is 0 Å². The molecule has 0 aliphatic carbocycles. The van der Waals surface area contributed by atoms with Gasteiger partial charge in [-0.05, 0) is 57.4 Å². The van der Waals surface area contributed by atoms with E-state index in [4.69, 9.17) is 4.74 Å². The molecule has 0 radical (unpaired) electrons. The number of hydrogen-bond donors (Lipinski definition) is 0. The molecule has 4 heteroatoms. The Kier molecular flexibility index (Phi) is 4.62. The molecule has 25 heavy (non-hydrogen) atoms. The zero-order chi connectivity index (χ0) is 18.1. The van der Waals surface area contributed by atoms with Crippen LogP contribution in [0.25, 0.3) is 0 Å². The van der Waals surface area contributed by atoms with Crippen LogP contribution in [0, 0.1) is 13.8 Å². The van der Waals surface area contributed by atoms with Crippen molar-refractivity contribution >= 4 is 17.6 Å². The third kappa shape index (κ3) is 3.29. The topological polar surface area (TPSA) is 46.6 Å². The van der Waals surface area contributed by atoms with Crippen molar-refractivity contribution in [1.82, 2.24) is 0 Å². The van der Waals surface area contributed by atoms with Gasteiger partial charge < -0.3 is 9.64 Å². The van der Waals surface area contributed by atoms with E-state index in [9.17, 15) is 9.59 Å². The average Bonchev–Trinajstić information content (AvgIpc) is 2.89. The molecule has 1 aliphatic rings. The molecule has 0 bridgehead atoms. The van der Waals surface area contributed by atoms with Crippen molar-refractivity contribution in [2.24, 2.45) is 0 Å². The molecule has 1 amide bonds. The van der Waals surface area contributed by atoms with Crippen LogP contribution in [-0.2, 0) is 16.0 Å². The molecule has 0 fully saturated rings. The summed E-state index contributed by atoms with van der Waals surface area (Å²) in [5.74, 6) is -0.644. The van der Waals surface area contributed by atoms with Crippen molar-refractivity contribution in [2.45, 2.75) is 46.3 Å². The van der Waals surface area contributed by atoms with Gasteiger partial charge in [-0.1, -0.05) is 35.9 Å². The second-order valence-corrected chi connectivity index (χ2v) is 6.76. The molecule has 130 valence electrons. The SMILES string of the molecule is Cc1ccc(C(=O)O[C@@H](C)C(=O)N2c3ccccc3C[C@@H]2C)c(C)c1. The summed E-state index contributed by atoms with van der Waals surface area (Å²) in [5, 5.41) is 0. The Labute approximate surface area is 148 Å². The molecule has 0 spiro atoms. The van der Waals surface area contributed by atoms with Crippen LogP contribution in [0.1, 0.15) is 40.9 Å². The number of aryl methyl sites for hydroxylation is 2. The molecule has 2 aromatic carbocycles. The lowest BCUT2D eigenvalue weighted by Crippen LogP contribution is -2.43. The minimum Gasteiger partial charge on any atom is -0.449 e. The first-order valence-corrected chi connectivity index (χ1v) is 8.57. The maximum Gasteiger partial charge on any atom is 0.339 e. The molecule has 0 saturated heterocycles. The fraction of sp³-hybridized carbons (Fsp3) is 0.333. The van der Waals surface area contributed by atoms with Gasteiger partial charge in [-0.3, -0.25) is 4.79 Å². The zero-order valence-corrected chi connectivity index (χ0v) is 15.1. The number of fused-ring (bicyclic) bond motifs is 1. The summed E-state index contributed by atoms with van der Waals surface area (Å²) in [6, 6.07) is 13.5. The zero-order valence-electron chi connectivity index (χ0n) is 15.1. The van der Waals surface area contributed by atoms with E-state index in [1.54, 1.807) is 17.9 Å². The number of carbonyl (C=O) groups is 2. The normalized spacial score (nSPS) is 17.1. The first kappa shape index (κ1) is 17.2. The van der Waals surface area contributed by atoms with Crippen LogP contribution in [0.2, 0.25) is 0 Å². The molecule has 2 atom stereocenters. The second-order valence-electron chi connectivity index (χ2n) is 6.76. The van der Waals surface area contributed by atoms with Crippen LogP contribution in [0.5, 0.6) is 0 Å². The van der Waals surface area contributed by atoms with Crippen molar-refractivity contribution in [3.8, 4) is 0 Å². The van der Waals surface area contributed by atoms with Crippen molar-refractivity contribution in [2.75, 3.05) is 4.90 Å². The summed E-state index contributed by atoms with van der Waals surface area (Å²) >= 11 is 0. The van der Waals surface area contributed by atoms with Gasteiger partial charge in [-0.15, -0.1) is 0 Å². The highest BCUT2D eigenvalue weighted by Gasteiger charge is 2.34. The third-order valence-corrected chi connectivity index (χ3v) is 4.68. The lowest BCUT2D eigenvalue weighted by atomic mass is 10.1. The van der Waals surface area contributed by atoms with Crippen LogP contribution in [0.15, 0.2) is 42.5 Å². The summed E-state index contributed by atoms with van der Waals surface area (Å²) in [6.45, 7) is 7.49. The Morgan fingerprint density at radius 3 is 2.60 bits per heavy atom. The Bertz CT molecular complexity index is 828. The molecular weight excluding hydrogens is 314 g/mol. The Morgan fingerprint density at radius 1 is 1.16 bits per heavy atom. The number of rotatable bonds is 3. The van der Waals surface area contributed by atoms with Crippen molar-refractivity contribution in [3.63, 3.8) is 0 Å². The Hall–Kier alpha value is -2.62. The number of ether oxygens (including phenoxy) is 1. The average molecular weight is 337 g/mol. The molecular formula is C21H23NO3. The van der Waals surface area contributed by atoms with Crippen LogP contribution in [-0.4, -0.2) is 24.0 Å². The fourth-order valence-corrected chi connectivity index (χ4v) is 3.41. The van der Waals surface area contributed by atoms with Crippen LogP contribution < -0.4 is 4.90 Å². The lowest BCUT2D eigenvalue weighted by molar-refractivity contribution is -0.126. The van der Waals surface area contributed by atoms with Gasteiger partial charge in [0.15, 0.2) is 6.10 Å². The van der Waals surface area contributed by atoms with Crippen LogP contribution in [0.4, 0.5) is 5.69 Å². The van der Waals surface area contributed by atoms with Gasteiger partial charge in [0.1, 0.15) is 0 Å². The Balaban J connectivity index is 1.76. The fourth-order valence-electron chi connectivity index (χ4n) is 3.41. The molecule has 0 aromatic heterocycles. The number of carbonyl (C=O) groups excluding carboxylic acids is 2. The third-order valence-electron chi connectivity index (χ3n) is 4.68. The minimum absolute atomic E-state index is 0.0622. The molecule has 0 saturated carbocycles. The van der Waals surface area contributed by atoms with E-state index >= 15 is 0 Å². The monoisotopic (exact) mass is 337 g/mol. The highest BCUT2D eigenvalue weighted by molar-refractivity contribution is 6.01. The van der Waals surface area contributed by atoms with E-state index in [-0.39, 0.29) is 11.9 Å². The summed E-state index contributed by atoms with van der Waals surface area (Å²) in [6.07, 6.45) is -0.0126. The first-order chi connectivity index (χ1) is 11.9. The van der Waals surface area contributed by atoms with Gasteiger partial charge in [0.05, 0.1) is 5.56 Å². The van der Waals surface area contributed by atoms with E-state index in [0.717, 1.165) is 28.8 Å². The second kappa shape index (κ2) is 6.71. The first-order valence-electron chi connectivity index (χ1n) is 8.57. The number of nitrogens with zero attached hydrogens (tertiary/aromatic N) is 1. The molecule has 4 nitrogen and oxygen atoms in total. The number of amides is 1. The minimum atomic E-state index is -0.832. The number of hydrogen-bond acceptors (Lipinski definition) is 3. The highest BCUT2D eigenvalue weighted by atomic mass is 16.5. The van der Waals surface area contributed by atoms with Gasteiger partial charge in [-0.25, -0.2) is 4.79 Å². The smallest absolute Gasteiger partial charge is 0.339 e.